The first-order valence-corrected chi connectivity index (χ1v) is 9.33. The molecular formula is C22H25N3O2. The zero-order valence-corrected chi connectivity index (χ0v) is 16.1. The van der Waals surface area contributed by atoms with Crippen LogP contribution in [-0.4, -0.2) is 49.1 Å². The molecule has 3 aromatic rings. The van der Waals surface area contributed by atoms with Gasteiger partial charge in [0.25, 0.3) is 5.91 Å². The van der Waals surface area contributed by atoms with Crippen LogP contribution in [0.25, 0.3) is 10.9 Å². The van der Waals surface area contributed by atoms with Crippen molar-refractivity contribution in [3.05, 3.63) is 59.3 Å². The monoisotopic (exact) mass is 363 g/mol. The average Bonchev–Trinajstić information content (AvgIpc) is 3.12. The van der Waals surface area contributed by atoms with Gasteiger partial charge in [-0.2, -0.15) is 0 Å². The third-order valence-electron chi connectivity index (χ3n) is 5.30. The second-order valence-corrected chi connectivity index (χ2v) is 7.21. The first-order valence-electron chi connectivity index (χ1n) is 9.33. The number of amides is 1. The maximum atomic E-state index is 13.0. The summed E-state index contributed by atoms with van der Waals surface area (Å²) in [6.07, 6.45) is 0. The molecule has 0 radical (unpaired) electrons. The van der Waals surface area contributed by atoms with Crippen LogP contribution in [0, 0.1) is 13.8 Å². The Balaban J connectivity index is 1.48. The van der Waals surface area contributed by atoms with E-state index >= 15 is 0 Å². The summed E-state index contributed by atoms with van der Waals surface area (Å²) in [7, 11) is 1.68. The Morgan fingerprint density at radius 1 is 1.04 bits per heavy atom. The number of ether oxygens (including phenoxy) is 1. The number of carbonyl (C=O) groups excluding carboxylic acids is 1. The number of carbonyl (C=O) groups is 1. The van der Waals surface area contributed by atoms with E-state index in [1.165, 1.54) is 11.1 Å². The molecular weight excluding hydrogens is 338 g/mol. The van der Waals surface area contributed by atoms with E-state index in [1.54, 1.807) is 7.11 Å². The molecule has 1 fully saturated rings. The van der Waals surface area contributed by atoms with Gasteiger partial charge >= 0.3 is 0 Å². The van der Waals surface area contributed by atoms with Crippen LogP contribution in [0.3, 0.4) is 0 Å². The molecule has 140 valence electrons. The van der Waals surface area contributed by atoms with Crippen molar-refractivity contribution < 1.29 is 9.53 Å². The Bertz CT molecular complexity index is 984. The Labute approximate surface area is 159 Å². The molecule has 5 heteroatoms. The van der Waals surface area contributed by atoms with Gasteiger partial charge in [-0.05, 0) is 49.2 Å². The van der Waals surface area contributed by atoms with E-state index in [0.717, 1.165) is 35.4 Å². The maximum absolute atomic E-state index is 13.0. The minimum Gasteiger partial charge on any atom is -0.497 e. The van der Waals surface area contributed by atoms with Crippen LogP contribution in [0.5, 0.6) is 5.75 Å². The second-order valence-electron chi connectivity index (χ2n) is 7.21. The number of aromatic nitrogens is 1. The number of anilines is 1. The molecule has 2 aromatic carbocycles. The van der Waals surface area contributed by atoms with E-state index in [9.17, 15) is 4.79 Å². The number of hydrogen-bond acceptors (Lipinski definition) is 3. The lowest BCUT2D eigenvalue weighted by atomic mass is 10.1. The molecule has 1 aliphatic heterocycles. The fourth-order valence-electron chi connectivity index (χ4n) is 3.86. The van der Waals surface area contributed by atoms with Gasteiger partial charge in [-0.1, -0.05) is 12.1 Å². The zero-order valence-electron chi connectivity index (χ0n) is 16.1. The summed E-state index contributed by atoms with van der Waals surface area (Å²) in [6, 6.07) is 14.3. The van der Waals surface area contributed by atoms with Crippen LogP contribution in [-0.2, 0) is 0 Å². The second kappa shape index (κ2) is 6.99. The molecule has 0 spiro atoms. The summed E-state index contributed by atoms with van der Waals surface area (Å²) in [5.41, 5.74) is 5.24. The number of H-pyrrole nitrogens is 1. The van der Waals surface area contributed by atoms with Gasteiger partial charge in [0.1, 0.15) is 11.4 Å². The summed E-state index contributed by atoms with van der Waals surface area (Å²) >= 11 is 0. The van der Waals surface area contributed by atoms with E-state index in [4.69, 9.17) is 4.74 Å². The third-order valence-corrected chi connectivity index (χ3v) is 5.30. The van der Waals surface area contributed by atoms with Gasteiger partial charge < -0.3 is 19.5 Å². The predicted octanol–water partition coefficient (Wildman–Crippen LogP) is 3.76. The largest absolute Gasteiger partial charge is 0.497 e. The van der Waals surface area contributed by atoms with Crippen LogP contribution in [0.4, 0.5) is 5.69 Å². The lowest BCUT2D eigenvalue weighted by Gasteiger charge is -2.36. The molecule has 5 nitrogen and oxygen atoms in total. The van der Waals surface area contributed by atoms with Crippen molar-refractivity contribution >= 4 is 22.5 Å². The van der Waals surface area contributed by atoms with Gasteiger partial charge in [0.05, 0.1) is 7.11 Å². The number of hydrogen-bond donors (Lipinski definition) is 1. The van der Waals surface area contributed by atoms with Gasteiger partial charge in [-0.25, -0.2) is 0 Å². The van der Waals surface area contributed by atoms with Gasteiger partial charge in [0.15, 0.2) is 0 Å². The van der Waals surface area contributed by atoms with Gasteiger partial charge in [-0.15, -0.1) is 0 Å². The van der Waals surface area contributed by atoms with Crippen molar-refractivity contribution in [2.24, 2.45) is 0 Å². The van der Waals surface area contributed by atoms with Gasteiger partial charge in [0.2, 0.25) is 0 Å². The minimum absolute atomic E-state index is 0.0774. The summed E-state index contributed by atoms with van der Waals surface area (Å²) in [4.78, 5) is 20.5. The number of fused-ring (bicyclic) bond motifs is 1. The smallest absolute Gasteiger partial charge is 0.270 e. The molecule has 2 heterocycles. The number of aryl methyl sites for hydroxylation is 2. The van der Waals surface area contributed by atoms with Crippen molar-refractivity contribution in [2.45, 2.75) is 13.8 Å². The van der Waals surface area contributed by atoms with Crippen molar-refractivity contribution in [1.82, 2.24) is 9.88 Å². The SMILES string of the molecule is COc1cccc(N2CCN(C(=O)c3cc4c(C)cc(C)cc4[nH]3)CC2)c1. The topological polar surface area (TPSA) is 48.6 Å². The molecule has 4 rings (SSSR count). The first kappa shape index (κ1) is 17.5. The minimum atomic E-state index is 0.0774. The number of piperazine rings is 1. The number of aromatic amines is 1. The van der Waals surface area contributed by atoms with Crippen LogP contribution in [0.15, 0.2) is 42.5 Å². The summed E-state index contributed by atoms with van der Waals surface area (Å²) in [5.74, 6) is 0.934. The molecule has 0 aliphatic carbocycles. The molecule has 0 unspecified atom stereocenters. The summed E-state index contributed by atoms with van der Waals surface area (Å²) in [5, 5.41) is 1.12. The van der Waals surface area contributed by atoms with Crippen LogP contribution < -0.4 is 9.64 Å². The Hall–Kier alpha value is -2.95. The standard InChI is InChI=1S/C22H25N3O2/c1-15-11-16(2)19-14-21(23-20(19)12-15)22(26)25-9-7-24(8-10-25)17-5-4-6-18(13-17)27-3/h4-6,11-14,23H,7-10H2,1-3H3. The first-order chi connectivity index (χ1) is 13.0. The van der Waals surface area contributed by atoms with Crippen LogP contribution in [0.1, 0.15) is 21.6 Å². The average molecular weight is 363 g/mol. The van der Waals surface area contributed by atoms with Crippen molar-refractivity contribution in [3.63, 3.8) is 0 Å². The highest BCUT2D eigenvalue weighted by atomic mass is 16.5. The highest BCUT2D eigenvalue weighted by Crippen LogP contribution is 2.24. The molecule has 1 aromatic heterocycles. The lowest BCUT2D eigenvalue weighted by molar-refractivity contribution is 0.0742. The fraction of sp³-hybridized carbons (Fsp3) is 0.318. The van der Waals surface area contributed by atoms with E-state index in [2.05, 4.69) is 41.9 Å². The van der Waals surface area contributed by atoms with Crippen molar-refractivity contribution in [1.29, 1.82) is 0 Å². The molecule has 0 atom stereocenters. The number of methoxy groups -OCH3 is 1. The highest BCUT2D eigenvalue weighted by molar-refractivity contribution is 5.99. The molecule has 0 bridgehead atoms. The Morgan fingerprint density at radius 2 is 1.81 bits per heavy atom. The van der Waals surface area contributed by atoms with E-state index in [1.807, 2.05) is 29.2 Å². The Morgan fingerprint density at radius 3 is 2.56 bits per heavy atom. The summed E-state index contributed by atoms with van der Waals surface area (Å²) in [6.45, 7) is 7.22. The maximum Gasteiger partial charge on any atom is 0.270 e. The number of benzene rings is 2. The highest BCUT2D eigenvalue weighted by Gasteiger charge is 2.24. The van der Waals surface area contributed by atoms with E-state index in [0.29, 0.717) is 18.8 Å². The molecule has 1 aliphatic rings. The molecule has 27 heavy (non-hydrogen) atoms. The third kappa shape index (κ3) is 3.37. The van der Waals surface area contributed by atoms with Crippen molar-refractivity contribution in [2.75, 3.05) is 38.2 Å². The quantitative estimate of drug-likeness (QED) is 0.771. The number of nitrogens with one attached hydrogen (secondary N) is 1. The summed E-state index contributed by atoms with van der Waals surface area (Å²) < 4.78 is 5.31. The van der Waals surface area contributed by atoms with E-state index < -0.39 is 0 Å². The van der Waals surface area contributed by atoms with Crippen LogP contribution >= 0.6 is 0 Å². The fourth-order valence-corrected chi connectivity index (χ4v) is 3.86. The predicted molar refractivity (Wildman–Crippen MR) is 109 cm³/mol. The normalized spacial score (nSPS) is 14.6. The van der Waals surface area contributed by atoms with Gasteiger partial charge in [-0.3, -0.25) is 4.79 Å². The number of nitrogens with zero attached hydrogens (tertiary/aromatic N) is 2. The van der Waals surface area contributed by atoms with Gasteiger partial charge in [0, 0.05) is 48.8 Å². The zero-order chi connectivity index (χ0) is 19.0. The van der Waals surface area contributed by atoms with Crippen LogP contribution in [0.2, 0.25) is 0 Å². The Kier molecular flexibility index (Phi) is 4.52. The molecule has 1 saturated heterocycles. The lowest BCUT2D eigenvalue weighted by Crippen LogP contribution is -2.48. The van der Waals surface area contributed by atoms with E-state index in [-0.39, 0.29) is 5.91 Å². The number of rotatable bonds is 3. The van der Waals surface area contributed by atoms with Crippen molar-refractivity contribution in [3.8, 4) is 5.75 Å². The molecule has 1 N–H and O–H groups in total. The molecule has 1 amide bonds. The molecule has 0 saturated carbocycles.